The first kappa shape index (κ1) is 26.0. The van der Waals surface area contributed by atoms with E-state index >= 15 is 0 Å². The van der Waals surface area contributed by atoms with Crippen molar-refractivity contribution in [3.63, 3.8) is 0 Å². The fraction of sp³-hybridized carbons (Fsp3) is 0.214. The van der Waals surface area contributed by atoms with Crippen LogP contribution in [-0.2, 0) is 23.7 Å². The molecule has 0 amide bonds. The quantitative estimate of drug-likeness (QED) is 0.317. The molecule has 1 heterocycles. The molecule has 8 nitrogen and oxygen atoms in total. The van der Waals surface area contributed by atoms with E-state index in [0.717, 1.165) is 11.8 Å². The Kier molecular flexibility index (Phi) is 8.58. The minimum Gasteiger partial charge on any atom is -0.461 e. The molecule has 0 unspecified atom stereocenters. The molecule has 0 radical (unpaired) electrons. The molecule has 3 aromatic carbocycles. The Balaban J connectivity index is 1.58. The topological polar surface area (TPSA) is 105 Å². The molecule has 3 aromatic rings. The van der Waals surface area contributed by atoms with E-state index in [-0.39, 0.29) is 17.7 Å². The van der Waals surface area contributed by atoms with E-state index in [1.54, 1.807) is 91.0 Å². The number of ether oxygens (including phenoxy) is 4. The summed E-state index contributed by atoms with van der Waals surface area (Å²) >= 11 is 1.09. The van der Waals surface area contributed by atoms with E-state index in [2.05, 4.69) is 0 Å². The van der Waals surface area contributed by atoms with E-state index in [1.807, 2.05) is 0 Å². The van der Waals surface area contributed by atoms with Crippen LogP contribution in [0, 0.1) is 0 Å². The molecule has 0 saturated carbocycles. The van der Waals surface area contributed by atoms with Crippen molar-refractivity contribution in [3.8, 4) is 0 Å². The number of rotatable bonds is 8. The maximum Gasteiger partial charge on any atom is 0.338 e. The van der Waals surface area contributed by atoms with Crippen LogP contribution >= 0.6 is 11.8 Å². The van der Waals surface area contributed by atoms with Crippen molar-refractivity contribution in [2.45, 2.75) is 29.8 Å². The molecule has 1 aliphatic rings. The van der Waals surface area contributed by atoms with Gasteiger partial charge in [0, 0.05) is 6.92 Å². The lowest BCUT2D eigenvalue weighted by Crippen LogP contribution is -2.42. The lowest BCUT2D eigenvalue weighted by molar-refractivity contribution is -0.148. The molecule has 1 aliphatic heterocycles. The predicted molar refractivity (Wildman–Crippen MR) is 135 cm³/mol. The summed E-state index contributed by atoms with van der Waals surface area (Å²) < 4.78 is 22.4. The summed E-state index contributed by atoms with van der Waals surface area (Å²) in [6.07, 6.45) is -2.21. The summed E-state index contributed by atoms with van der Waals surface area (Å²) in [5.74, 6) is -2.50. The van der Waals surface area contributed by atoms with Gasteiger partial charge in [-0.25, -0.2) is 14.4 Å². The zero-order chi connectivity index (χ0) is 26.2. The van der Waals surface area contributed by atoms with Crippen LogP contribution in [0.1, 0.15) is 38.0 Å². The first-order valence-corrected chi connectivity index (χ1v) is 12.4. The minimum absolute atomic E-state index is 0.178. The number of thioether (sulfide) groups is 1. The predicted octanol–water partition coefficient (Wildman–Crippen LogP) is 4.30. The van der Waals surface area contributed by atoms with Crippen molar-refractivity contribution >= 4 is 35.6 Å². The van der Waals surface area contributed by atoms with Crippen LogP contribution in [0.2, 0.25) is 0 Å². The van der Waals surface area contributed by atoms with Gasteiger partial charge in [0.1, 0.15) is 6.61 Å². The van der Waals surface area contributed by atoms with Crippen LogP contribution in [0.5, 0.6) is 0 Å². The van der Waals surface area contributed by atoms with Gasteiger partial charge in [0.2, 0.25) is 0 Å². The van der Waals surface area contributed by atoms with Gasteiger partial charge in [-0.05, 0) is 36.4 Å². The first-order valence-electron chi connectivity index (χ1n) is 11.5. The first-order chi connectivity index (χ1) is 17.9. The summed E-state index contributed by atoms with van der Waals surface area (Å²) in [7, 11) is 0. The van der Waals surface area contributed by atoms with Gasteiger partial charge >= 0.3 is 23.9 Å². The average molecular weight is 521 g/mol. The molecule has 0 aromatic heterocycles. The van der Waals surface area contributed by atoms with E-state index in [0.29, 0.717) is 5.56 Å². The maximum atomic E-state index is 12.9. The Hall–Kier alpha value is -4.11. The second-order valence-electron chi connectivity index (χ2n) is 8.09. The van der Waals surface area contributed by atoms with Crippen molar-refractivity contribution in [3.05, 3.63) is 108 Å². The molecule has 0 aliphatic carbocycles. The molecule has 9 heteroatoms. The van der Waals surface area contributed by atoms with E-state index in [9.17, 15) is 19.2 Å². The zero-order valence-corrected chi connectivity index (χ0v) is 20.7. The van der Waals surface area contributed by atoms with Crippen LogP contribution in [-0.4, -0.2) is 53.4 Å². The smallest absolute Gasteiger partial charge is 0.338 e. The van der Waals surface area contributed by atoms with Gasteiger partial charge < -0.3 is 18.9 Å². The highest BCUT2D eigenvalue weighted by Crippen LogP contribution is 2.40. The molecular weight excluding hydrogens is 496 g/mol. The van der Waals surface area contributed by atoms with Gasteiger partial charge in [-0.2, -0.15) is 0 Å². The van der Waals surface area contributed by atoms with Crippen LogP contribution in [0.25, 0.3) is 0 Å². The van der Waals surface area contributed by atoms with E-state index < -0.39 is 46.8 Å². The van der Waals surface area contributed by atoms with E-state index in [4.69, 9.17) is 18.9 Å². The number of hydrogen-bond acceptors (Lipinski definition) is 9. The zero-order valence-electron chi connectivity index (χ0n) is 19.9. The molecule has 0 N–H and O–H groups in total. The Bertz CT molecular complexity index is 1230. The maximum absolute atomic E-state index is 12.9. The highest BCUT2D eigenvalue weighted by molar-refractivity contribution is 8.00. The Morgan fingerprint density at radius 3 is 1.51 bits per heavy atom. The number of hydrogen-bond donors (Lipinski definition) is 0. The Labute approximate surface area is 217 Å². The fourth-order valence-electron chi connectivity index (χ4n) is 3.70. The van der Waals surface area contributed by atoms with Crippen LogP contribution in [0.3, 0.4) is 0 Å². The number of esters is 4. The molecule has 37 heavy (non-hydrogen) atoms. The van der Waals surface area contributed by atoms with Gasteiger partial charge in [-0.1, -0.05) is 54.6 Å². The van der Waals surface area contributed by atoms with Gasteiger partial charge in [-0.3, -0.25) is 4.79 Å². The number of carbonyl (C=O) groups excluding carboxylic acids is 4. The molecule has 190 valence electrons. The van der Waals surface area contributed by atoms with Crippen molar-refractivity contribution in [2.24, 2.45) is 0 Å². The number of benzene rings is 3. The molecule has 4 rings (SSSR count). The van der Waals surface area contributed by atoms with Crippen molar-refractivity contribution < 1.29 is 38.1 Å². The molecule has 1 saturated heterocycles. The van der Waals surface area contributed by atoms with Crippen molar-refractivity contribution in [1.29, 1.82) is 0 Å². The van der Waals surface area contributed by atoms with Crippen LogP contribution in [0.15, 0.2) is 91.0 Å². The SMILES string of the molecule is CC(=O)O[C@@H]1S[C@H](COC(=O)c2ccccc2)[C@@H](OC(=O)c2ccccc2)[C@H]1OC(=O)c1ccccc1. The summed E-state index contributed by atoms with van der Waals surface area (Å²) in [5, 5.41) is -0.682. The standard InChI is InChI=1S/C28H24O8S/c1-18(29)34-28-24(36-27(32)21-15-9-4-10-16-21)23(35-26(31)20-13-7-3-8-14-20)22(37-28)17-33-25(30)19-11-5-2-6-12-19/h2-16,22-24,28H,17H2,1H3/t22-,23-,24-,28-/m1/s1. The summed E-state index contributed by atoms with van der Waals surface area (Å²) in [4.78, 5) is 50.2. The van der Waals surface area contributed by atoms with E-state index in [1.165, 1.54) is 6.92 Å². The normalized spacial score (nSPS) is 20.5. The van der Waals surface area contributed by atoms with Crippen LogP contribution in [0.4, 0.5) is 0 Å². The second kappa shape index (κ2) is 12.2. The summed E-state index contributed by atoms with van der Waals surface area (Å²) in [6, 6.07) is 25.0. The van der Waals surface area contributed by atoms with Crippen LogP contribution < -0.4 is 0 Å². The summed E-state index contributed by atoms with van der Waals surface area (Å²) in [6.45, 7) is 1.05. The van der Waals surface area contributed by atoms with Crippen molar-refractivity contribution in [1.82, 2.24) is 0 Å². The Morgan fingerprint density at radius 1 is 0.622 bits per heavy atom. The number of carbonyl (C=O) groups is 4. The molecule has 4 atom stereocenters. The molecule has 0 spiro atoms. The average Bonchev–Trinajstić information content (AvgIpc) is 3.23. The minimum atomic E-state index is -1.14. The summed E-state index contributed by atoms with van der Waals surface area (Å²) in [5.41, 5.74) is -0.0659. The van der Waals surface area contributed by atoms with Gasteiger partial charge in [0.25, 0.3) is 0 Å². The third-order valence-electron chi connectivity index (χ3n) is 5.44. The molecule has 1 fully saturated rings. The van der Waals surface area contributed by atoms with Crippen molar-refractivity contribution in [2.75, 3.05) is 6.61 Å². The highest BCUT2D eigenvalue weighted by atomic mass is 32.2. The third kappa shape index (κ3) is 6.77. The third-order valence-corrected chi connectivity index (χ3v) is 6.83. The Morgan fingerprint density at radius 2 is 1.05 bits per heavy atom. The second-order valence-corrected chi connectivity index (χ2v) is 9.43. The fourth-order valence-corrected chi connectivity index (χ4v) is 5.11. The van der Waals surface area contributed by atoms with Gasteiger partial charge in [0.05, 0.1) is 21.9 Å². The lowest BCUT2D eigenvalue weighted by Gasteiger charge is -2.25. The lowest BCUT2D eigenvalue weighted by atomic mass is 10.1. The highest BCUT2D eigenvalue weighted by Gasteiger charge is 2.51. The molecule has 0 bridgehead atoms. The molecular formula is C28H24O8S. The van der Waals surface area contributed by atoms with Gasteiger partial charge in [0.15, 0.2) is 17.6 Å². The largest absolute Gasteiger partial charge is 0.461 e. The monoisotopic (exact) mass is 520 g/mol. The van der Waals surface area contributed by atoms with Gasteiger partial charge in [-0.15, -0.1) is 11.8 Å².